The summed E-state index contributed by atoms with van der Waals surface area (Å²) >= 11 is 0. The molecule has 0 spiro atoms. The SMILES string of the molecule is C/C=C(/C)[N+]1=COCC1.Cc1ccc(S(=O)(=O)[O-])cc1. The summed E-state index contributed by atoms with van der Waals surface area (Å²) in [6.45, 7) is 7.75. The maximum Gasteiger partial charge on any atom is 0.329 e. The van der Waals surface area contributed by atoms with Gasteiger partial charge in [-0.05, 0) is 32.1 Å². The van der Waals surface area contributed by atoms with Crippen LogP contribution < -0.4 is 0 Å². The quantitative estimate of drug-likeness (QED) is 0.617. The van der Waals surface area contributed by atoms with Gasteiger partial charge in [-0.2, -0.15) is 4.58 Å². The minimum absolute atomic E-state index is 0.178. The zero-order valence-electron chi connectivity index (χ0n) is 11.9. The van der Waals surface area contributed by atoms with E-state index < -0.39 is 10.1 Å². The molecule has 0 aliphatic carbocycles. The van der Waals surface area contributed by atoms with Crippen molar-refractivity contribution in [2.24, 2.45) is 0 Å². The van der Waals surface area contributed by atoms with E-state index in [4.69, 9.17) is 4.74 Å². The molecule has 1 aliphatic heterocycles. The van der Waals surface area contributed by atoms with Crippen LogP contribution in [0.4, 0.5) is 0 Å². The van der Waals surface area contributed by atoms with Gasteiger partial charge >= 0.3 is 6.40 Å². The van der Waals surface area contributed by atoms with Gasteiger partial charge in [0.25, 0.3) is 0 Å². The highest BCUT2D eigenvalue weighted by Crippen LogP contribution is 2.08. The van der Waals surface area contributed by atoms with Crippen LogP contribution in [0.25, 0.3) is 0 Å². The number of allylic oxidation sites excluding steroid dienone is 2. The summed E-state index contributed by atoms with van der Waals surface area (Å²) < 4.78 is 38.3. The van der Waals surface area contributed by atoms with E-state index in [1.54, 1.807) is 18.5 Å². The lowest BCUT2D eigenvalue weighted by Crippen LogP contribution is -2.06. The van der Waals surface area contributed by atoms with Crippen LogP contribution in [0.2, 0.25) is 0 Å². The standard InChI is InChI=1S/C7H12NO.C7H8O3S/c1-3-7(2)8-4-5-9-6-8;1-6-2-4-7(5-3-6)11(8,9)10/h3,6H,4-5H2,1-2H3;2-5H,1H3,(H,8,9,10)/q+1;/p-1/b7-3-;. The van der Waals surface area contributed by atoms with E-state index in [9.17, 15) is 13.0 Å². The lowest BCUT2D eigenvalue weighted by Gasteiger charge is -2.05. The molecule has 0 bridgehead atoms. The highest BCUT2D eigenvalue weighted by Gasteiger charge is 2.12. The van der Waals surface area contributed by atoms with Crippen LogP contribution in [0, 0.1) is 6.92 Å². The maximum absolute atomic E-state index is 10.4. The Morgan fingerprint density at radius 2 is 1.95 bits per heavy atom. The fourth-order valence-electron chi connectivity index (χ4n) is 1.48. The summed E-state index contributed by atoms with van der Waals surface area (Å²) in [4.78, 5) is -0.178. The molecule has 5 nitrogen and oxygen atoms in total. The van der Waals surface area contributed by atoms with Gasteiger partial charge in [0.2, 0.25) is 0 Å². The van der Waals surface area contributed by atoms with Crippen molar-refractivity contribution in [3.63, 3.8) is 0 Å². The topological polar surface area (TPSA) is 69.4 Å². The lowest BCUT2D eigenvalue weighted by molar-refractivity contribution is -0.461. The number of hydrogen-bond acceptors (Lipinski definition) is 4. The molecule has 0 radical (unpaired) electrons. The van der Waals surface area contributed by atoms with Crippen LogP contribution in [-0.2, 0) is 14.9 Å². The summed E-state index contributed by atoms with van der Waals surface area (Å²) in [5.41, 5.74) is 2.19. The summed E-state index contributed by atoms with van der Waals surface area (Å²) in [6, 6.07) is 5.78. The molecular formula is C14H19NO4S. The van der Waals surface area contributed by atoms with Crippen molar-refractivity contribution < 1.29 is 22.3 Å². The maximum atomic E-state index is 10.4. The number of nitrogens with zero attached hydrogens (tertiary/aromatic N) is 1. The van der Waals surface area contributed by atoms with Gasteiger partial charge in [0.05, 0.1) is 4.90 Å². The van der Waals surface area contributed by atoms with Gasteiger partial charge < -0.3 is 9.29 Å². The highest BCUT2D eigenvalue weighted by atomic mass is 32.2. The van der Waals surface area contributed by atoms with Crippen LogP contribution in [0.3, 0.4) is 0 Å². The first-order valence-corrected chi connectivity index (χ1v) is 7.62. The first-order chi connectivity index (χ1) is 9.34. The second-order valence-electron chi connectivity index (χ2n) is 4.37. The van der Waals surface area contributed by atoms with Crippen molar-refractivity contribution in [1.29, 1.82) is 0 Å². The average Bonchev–Trinajstić information content (AvgIpc) is 2.92. The first kappa shape index (κ1) is 16.4. The molecule has 1 heterocycles. The Hall–Kier alpha value is -1.66. The summed E-state index contributed by atoms with van der Waals surface area (Å²) in [6.07, 6.45) is 3.85. The Kier molecular flexibility index (Phi) is 5.91. The molecule has 1 aliphatic rings. The minimum atomic E-state index is -4.27. The van der Waals surface area contributed by atoms with Crippen molar-refractivity contribution in [3.05, 3.63) is 41.6 Å². The van der Waals surface area contributed by atoms with Gasteiger partial charge in [0, 0.05) is 6.92 Å². The number of ether oxygens (including phenoxy) is 1. The van der Waals surface area contributed by atoms with Gasteiger partial charge in [-0.3, -0.25) is 0 Å². The predicted molar refractivity (Wildman–Crippen MR) is 75.7 cm³/mol. The number of rotatable bonds is 2. The third kappa shape index (κ3) is 5.14. The Labute approximate surface area is 120 Å². The Balaban J connectivity index is 0.000000204. The number of aryl methyl sites for hydroxylation is 1. The Bertz CT molecular complexity index is 601. The van der Waals surface area contributed by atoms with Gasteiger partial charge in [-0.1, -0.05) is 17.7 Å². The zero-order valence-corrected chi connectivity index (χ0v) is 12.7. The van der Waals surface area contributed by atoms with Crippen LogP contribution in [0.1, 0.15) is 19.4 Å². The second kappa shape index (κ2) is 7.21. The van der Waals surface area contributed by atoms with E-state index in [0.717, 1.165) is 18.7 Å². The molecule has 0 unspecified atom stereocenters. The third-order valence-corrected chi connectivity index (χ3v) is 3.68. The molecule has 110 valence electrons. The van der Waals surface area contributed by atoms with Gasteiger partial charge in [-0.15, -0.1) is 0 Å². The molecule has 0 saturated heterocycles. The molecule has 20 heavy (non-hydrogen) atoms. The smallest absolute Gasteiger partial charge is 0.329 e. The van der Waals surface area contributed by atoms with Crippen molar-refractivity contribution in [2.75, 3.05) is 13.2 Å². The molecule has 2 rings (SSSR count). The van der Waals surface area contributed by atoms with E-state index in [-0.39, 0.29) is 4.90 Å². The first-order valence-electron chi connectivity index (χ1n) is 6.21. The minimum Gasteiger partial charge on any atom is -0.744 e. The molecule has 0 saturated carbocycles. The largest absolute Gasteiger partial charge is 0.744 e. The molecule has 0 aromatic heterocycles. The Morgan fingerprint density at radius 3 is 2.35 bits per heavy atom. The number of benzene rings is 1. The molecule has 1 aromatic carbocycles. The van der Waals surface area contributed by atoms with Crippen LogP contribution >= 0.6 is 0 Å². The van der Waals surface area contributed by atoms with Crippen LogP contribution in [-0.4, -0.2) is 37.1 Å². The number of hydrogen-bond donors (Lipinski definition) is 0. The Morgan fingerprint density at radius 1 is 1.35 bits per heavy atom. The van der Waals surface area contributed by atoms with Gasteiger partial charge in [0.15, 0.2) is 18.8 Å². The van der Waals surface area contributed by atoms with Crippen LogP contribution in [0.15, 0.2) is 40.9 Å². The molecule has 1 aromatic rings. The van der Waals surface area contributed by atoms with Gasteiger partial charge in [-0.25, -0.2) is 8.42 Å². The normalized spacial score (nSPS) is 15.0. The van der Waals surface area contributed by atoms with Gasteiger partial charge in [0.1, 0.15) is 10.1 Å². The van der Waals surface area contributed by atoms with E-state index >= 15 is 0 Å². The average molecular weight is 297 g/mol. The summed E-state index contributed by atoms with van der Waals surface area (Å²) in [5, 5.41) is 0. The summed E-state index contributed by atoms with van der Waals surface area (Å²) in [7, 11) is -4.27. The second-order valence-corrected chi connectivity index (χ2v) is 5.75. The van der Waals surface area contributed by atoms with Crippen molar-refractivity contribution in [2.45, 2.75) is 25.7 Å². The van der Waals surface area contributed by atoms with E-state index in [1.807, 2.05) is 13.8 Å². The van der Waals surface area contributed by atoms with E-state index in [2.05, 4.69) is 17.6 Å². The molecule has 0 N–H and O–H groups in total. The van der Waals surface area contributed by atoms with Crippen molar-refractivity contribution in [1.82, 2.24) is 0 Å². The van der Waals surface area contributed by atoms with Crippen molar-refractivity contribution in [3.8, 4) is 0 Å². The fourth-order valence-corrected chi connectivity index (χ4v) is 1.95. The molecule has 0 amide bonds. The van der Waals surface area contributed by atoms with Crippen molar-refractivity contribution >= 4 is 16.5 Å². The van der Waals surface area contributed by atoms with Crippen LogP contribution in [0.5, 0.6) is 0 Å². The summed E-state index contributed by atoms with van der Waals surface area (Å²) in [5.74, 6) is 0. The molecule has 6 heteroatoms. The monoisotopic (exact) mass is 297 g/mol. The fraction of sp³-hybridized carbons (Fsp3) is 0.357. The van der Waals surface area contributed by atoms with E-state index in [1.165, 1.54) is 17.8 Å². The molecule has 0 atom stereocenters. The molecule has 0 fully saturated rings. The highest BCUT2D eigenvalue weighted by molar-refractivity contribution is 7.85. The lowest BCUT2D eigenvalue weighted by atomic mass is 10.2. The van der Waals surface area contributed by atoms with E-state index in [0.29, 0.717) is 0 Å². The predicted octanol–water partition coefficient (Wildman–Crippen LogP) is 1.88. The zero-order chi connectivity index (χ0) is 15.2. The third-order valence-electron chi connectivity index (χ3n) is 2.83. The molecular weight excluding hydrogens is 278 g/mol.